The summed E-state index contributed by atoms with van der Waals surface area (Å²) in [6.07, 6.45) is 0.134. The SMILES string of the molecule is O=C1CC(C(=O)NCc2ccc(F)cc2)NN1. The van der Waals surface area contributed by atoms with Crippen molar-refractivity contribution in [3.63, 3.8) is 0 Å². The van der Waals surface area contributed by atoms with Crippen LogP contribution in [0.4, 0.5) is 4.39 Å². The minimum Gasteiger partial charge on any atom is -0.351 e. The summed E-state index contributed by atoms with van der Waals surface area (Å²) in [5.74, 6) is -0.771. The number of carbonyl (C=O) groups is 2. The van der Waals surface area contributed by atoms with Gasteiger partial charge in [-0.1, -0.05) is 12.1 Å². The lowest BCUT2D eigenvalue weighted by molar-refractivity contribution is -0.124. The second-order valence-corrected chi connectivity index (χ2v) is 3.79. The normalized spacial score (nSPS) is 18.9. The highest BCUT2D eigenvalue weighted by Crippen LogP contribution is 2.03. The summed E-state index contributed by atoms with van der Waals surface area (Å²) in [4.78, 5) is 22.5. The van der Waals surface area contributed by atoms with Gasteiger partial charge in [0.05, 0.1) is 6.42 Å². The molecule has 1 atom stereocenters. The fourth-order valence-corrected chi connectivity index (χ4v) is 1.53. The van der Waals surface area contributed by atoms with E-state index in [0.717, 1.165) is 5.56 Å². The summed E-state index contributed by atoms with van der Waals surface area (Å²) >= 11 is 0. The van der Waals surface area contributed by atoms with Gasteiger partial charge in [0.2, 0.25) is 11.8 Å². The van der Waals surface area contributed by atoms with Crippen molar-refractivity contribution in [1.29, 1.82) is 0 Å². The Labute approximate surface area is 97.4 Å². The summed E-state index contributed by atoms with van der Waals surface area (Å²) < 4.78 is 12.6. The Morgan fingerprint density at radius 1 is 1.41 bits per heavy atom. The molecule has 1 saturated heterocycles. The van der Waals surface area contributed by atoms with Gasteiger partial charge in [-0.15, -0.1) is 0 Å². The lowest BCUT2D eigenvalue weighted by Gasteiger charge is -2.09. The van der Waals surface area contributed by atoms with E-state index in [1.807, 2.05) is 0 Å². The van der Waals surface area contributed by atoms with Crippen molar-refractivity contribution in [3.05, 3.63) is 35.6 Å². The first-order valence-electron chi connectivity index (χ1n) is 5.21. The van der Waals surface area contributed by atoms with E-state index < -0.39 is 6.04 Å². The average molecular weight is 237 g/mol. The second-order valence-electron chi connectivity index (χ2n) is 3.79. The molecule has 2 rings (SSSR count). The maximum Gasteiger partial charge on any atom is 0.239 e. The zero-order valence-electron chi connectivity index (χ0n) is 9.00. The number of carbonyl (C=O) groups excluding carboxylic acids is 2. The Hall–Kier alpha value is -1.95. The zero-order valence-corrected chi connectivity index (χ0v) is 9.00. The number of hydrogen-bond donors (Lipinski definition) is 3. The number of hydrazine groups is 1. The van der Waals surface area contributed by atoms with Gasteiger partial charge < -0.3 is 5.32 Å². The maximum atomic E-state index is 12.6. The van der Waals surface area contributed by atoms with Crippen LogP contribution in [0.25, 0.3) is 0 Å². The molecule has 2 amide bonds. The Morgan fingerprint density at radius 2 is 2.12 bits per heavy atom. The molecule has 0 radical (unpaired) electrons. The van der Waals surface area contributed by atoms with Crippen LogP contribution in [0.3, 0.4) is 0 Å². The molecular weight excluding hydrogens is 225 g/mol. The van der Waals surface area contributed by atoms with Crippen LogP contribution in [-0.2, 0) is 16.1 Å². The molecule has 1 heterocycles. The molecule has 0 aliphatic carbocycles. The second kappa shape index (κ2) is 4.92. The summed E-state index contributed by atoms with van der Waals surface area (Å²) in [5, 5.41) is 2.66. The minimum absolute atomic E-state index is 0.134. The van der Waals surface area contributed by atoms with Gasteiger partial charge in [-0.2, -0.15) is 0 Å². The average Bonchev–Trinajstić information content (AvgIpc) is 2.75. The first kappa shape index (κ1) is 11.5. The molecule has 1 aliphatic rings. The molecule has 17 heavy (non-hydrogen) atoms. The lowest BCUT2D eigenvalue weighted by Crippen LogP contribution is -2.42. The number of amides is 2. The Morgan fingerprint density at radius 3 is 2.71 bits per heavy atom. The smallest absolute Gasteiger partial charge is 0.239 e. The molecule has 1 fully saturated rings. The predicted molar refractivity (Wildman–Crippen MR) is 57.9 cm³/mol. The van der Waals surface area contributed by atoms with Gasteiger partial charge in [-0.05, 0) is 17.7 Å². The summed E-state index contributed by atoms with van der Waals surface area (Å²) in [7, 11) is 0. The van der Waals surface area contributed by atoms with E-state index in [4.69, 9.17) is 0 Å². The highest BCUT2D eigenvalue weighted by molar-refractivity contribution is 5.90. The molecular formula is C11H12FN3O2. The Balaban J connectivity index is 1.84. The van der Waals surface area contributed by atoms with E-state index in [-0.39, 0.29) is 24.1 Å². The third-order valence-corrected chi connectivity index (χ3v) is 2.47. The van der Waals surface area contributed by atoms with E-state index >= 15 is 0 Å². The number of nitrogens with one attached hydrogen (secondary N) is 3. The van der Waals surface area contributed by atoms with E-state index in [0.29, 0.717) is 6.54 Å². The van der Waals surface area contributed by atoms with Gasteiger partial charge >= 0.3 is 0 Å². The molecule has 0 spiro atoms. The van der Waals surface area contributed by atoms with Crippen molar-refractivity contribution in [2.24, 2.45) is 0 Å². The standard InChI is InChI=1S/C11H12FN3O2/c12-8-3-1-7(2-4-8)6-13-11(17)9-5-10(16)15-14-9/h1-4,9,14H,5-6H2,(H,13,17)(H,15,16). The highest BCUT2D eigenvalue weighted by Gasteiger charge is 2.27. The Kier molecular flexibility index (Phi) is 3.34. The van der Waals surface area contributed by atoms with Crippen LogP contribution in [0, 0.1) is 5.82 Å². The molecule has 90 valence electrons. The topological polar surface area (TPSA) is 70.2 Å². The van der Waals surface area contributed by atoms with Gasteiger partial charge in [-0.3, -0.25) is 15.0 Å². The minimum atomic E-state index is -0.539. The molecule has 1 unspecified atom stereocenters. The predicted octanol–water partition coefficient (Wildman–Crippen LogP) is -0.165. The van der Waals surface area contributed by atoms with Crippen molar-refractivity contribution in [2.45, 2.75) is 19.0 Å². The van der Waals surface area contributed by atoms with Gasteiger partial charge in [0, 0.05) is 6.54 Å². The van der Waals surface area contributed by atoms with Crippen LogP contribution >= 0.6 is 0 Å². The van der Waals surface area contributed by atoms with Gasteiger partial charge in [-0.25, -0.2) is 9.82 Å². The van der Waals surface area contributed by atoms with Crippen LogP contribution in [0.1, 0.15) is 12.0 Å². The maximum absolute atomic E-state index is 12.6. The van der Waals surface area contributed by atoms with Crippen molar-refractivity contribution in [2.75, 3.05) is 0 Å². The van der Waals surface area contributed by atoms with E-state index in [1.54, 1.807) is 12.1 Å². The van der Waals surface area contributed by atoms with Crippen LogP contribution < -0.4 is 16.2 Å². The van der Waals surface area contributed by atoms with Gasteiger partial charge in [0.1, 0.15) is 11.9 Å². The molecule has 0 saturated carbocycles. The van der Waals surface area contributed by atoms with Gasteiger partial charge in [0.25, 0.3) is 0 Å². The van der Waals surface area contributed by atoms with Crippen molar-refractivity contribution in [3.8, 4) is 0 Å². The summed E-state index contributed by atoms with van der Waals surface area (Å²) in [6.45, 7) is 0.311. The molecule has 0 bridgehead atoms. The monoisotopic (exact) mass is 237 g/mol. The van der Waals surface area contributed by atoms with E-state index in [2.05, 4.69) is 16.2 Å². The third-order valence-electron chi connectivity index (χ3n) is 2.47. The Bertz CT molecular complexity index is 433. The number of rotatable bonds is 3. The third kappa shape index (κ3) is 3.01. The van der Waals surface area contributed by atoms with Crippen molar-refractivity contribution >= 4 is 11.8 Å². The lowest BCUT2D eigenvalue weighted by atomic mass is 10.2. The van der Waals surface area contributed by atoms with Crippen LogP contribution in [0.15, 0.2) is 24.3 Å². The van der Waals surface area contributed by atoms with Crippen LogP contribution in [0.5, 0.6) is 0 Å². The highest BCUT2D eigenvalue weighted by atomic mass is 19.1. The summed E-state index contributed by atoms with van der Waals surface area (Å²) in [6, 6.07) is 5.33. The first-order valence-corrected chi connectivity index (χ1v) is 5.21. The van der Waals surface area contributed by atoms with E-state index in [9.17, 15) is 14.0 Å². The number of hydrogen-bond acceptors (Lipinski definition) is 3. The first-order chi connectivity index (χ1) is 8.15. The van der Waals surface area contributed by atoms with Crippen LogP contribution in [-0.4, -0.2) is 17.9 Å². The van der Waals surface area contributed by atoms with Crippen molar-refractivity contribution in [1.82, 2.24) is 16.2 Å². The molecule has 6 heteroatoms. The molecule has 1 aromatic rings. The molecule has 1 aliphatic heterocycles. The molecule has 5 nitrogen and oxygen atoms in total. The van der Waals surface area contributed by atoms with Gasteiger partial charge in [0.15, 0.2) is 0 Å². The number of halogens is 1. The largest absolute Gasteiger partial charge is 0.351 e. The van der Waals surface area contributed by atoms with Crippen LogP contribution in [0.2, 0.25) is 0 Å². The number of benzene rings is 1. The fraction of sp³-hybridized carbons (Fsp3) is 0.273. The molecule has 1 aromatic carbocycles. The summed E-state index contributed by atoms with van der Waals surface area (Å²) in [5.41, 5.74) is 5.74. The fourth-order valence-electron chi connectivity index (χ4n) is 1.53. The van der Waals surface area contributed by atoms with E-state index in [1.165, 1.54) is 12.1 Å². The molecule has 0 aromatic heterocycles. The molecule has 3 N–H and O–H groups in total. The quantitative estimate of drug-likeness (QED) is 0.684. The van der Waals surface area contributed by atoms with Crippen molar-refractivity contribution < 1.29 is 14.0 Å². The zero-order chi connectivity index (χ0) is 12.3.